The van der Waals surface area contributed by atoms with E-state index in [-0.39, 0.29) is 0 Å². The van der Waals surface area contributed by atoms with Crippen LogP contribution in [0.25, 0.3) is 0 Å². The monoisotopic (exact) mass is 311 g/mol. The summed E-state index contributed by atoms with van der Waals surface area (Å²) in [7, 11) is 0. The third-order valence-electron chi connectivity index (χ3n) is 3.68. The summed E-state index contributed by atoms with van der Waals surface area (Å²) in [6, 6.07) is 2.02. The molecule has 0 aliphatic carbocycles. The summed E-state index contributed by atoms with van der Waals surface area (Å²) in [6.07, 6.45) is 4.53. The van der Waals surface area contributed by atoms with Crippen molar-refractivity contribution in [3.8, 4) is 0 Å². The van der Waals surface area contributed by atoms with E-state index in [1.807, 2.05) is 12.3 Å². The molecule has 1 fully saturated rings. The molecule has 1 aliphatic heterocycles. The molecular formula is C14H22BrN3. The van der Waals surface area contributed by atoms with Crippen LogP contribution in [0.2, 0.25) is 0 Å². The zero-order chi connectivity index (χ0) is 13.0. The maximum Gasteiger partial charge on any atom is 0.140 e. The molecule has 0 spiro atoms. The first-order valence-electron chi connectivity index (χ1n) is 6.74. The molecule has 0 amide bonds. The number of nitrogens with one attached hydrogen (secondary N) is 1. The molecule has 1 N–H and O–H groups in total. The summed E-state index contributed by atoms with van der Waals surface area (Å²) < 4.78 is 1.08. The Morgan fingerprint density at radius 1 is 1.44 bits per heavy atom. The van der Waals surface area contributed by atoms with Crippen molar-refractivity contribution in [2.45, 2.75) is 26.7 Å². The van der Waals surface area contributed by atoms with E-state index >= 15 is 0 Å². The number of halogens is 1. The Bertz CT molecular complexity index is 387. The van der Waals surface area contributed by atoms with Crippen LogP contribution in [0.3, 0.4) is 0 Å². The molecule has 2 heterocycles. The third kappa shape index (κ3) is 3.69. The van der Waals surface area contributed by atoms with Gasteiger partial charge in [0.05, 0.1) is 4.47 Å². The number of nitrogens with zero attached hydrogens (tertiary/aromatic N) is 2. The molecule has 0 bridgehead atoms. The zero-order valence-electron chi connectivity index (χ0n) is 11.2. The number of aromatic nitrogens is 1. The Morgan fingerprint density at radius 2 is 2.17 bits per heavy atom. The molecule has 3 nitrogen and oxygen atoms in total. The van der Waals surface area contributed by atoms with Crippen LogP contribution >= 0.6 is 15.9 Å². The first kappa shape index (κ1) is 13.8. The highest BCUT2D eigenvalue weighted by molar-refractivity contribution is 9.10. The quantitative estimate of drug-likeness (QED) is 0.924. The van der Waals surface area contributed by atoms with Crippen molar-refractivity contribution in [2.24, 2.45) is 5.92 Å². The normalized spacial score (nSPS) is 17.9. The van der Waals surface area contributed by atoms with E-state index < -0.39 is 0 Å². The van der Waals surface area contributed by atoms with E-state index in [1.54, 1.807) is 0 Å². The molecule has 1 aromatic rings. The molecule has 0 saturated carbocycles. The molecule has 100 valence electrons. The lowest BCUT2D eigenvalue weighted by Gasteiger charge is -2.30. The Kier molecular flexibility index (Phi) is 5.01. The van der Waals surface area contributed by atoms with Crippen molar-refractivity contribution in [2.75, 3.05) is 31.5 Å². The second-order valence-electron chi connectivity index (χ2n) is 5.24. The van der Waals surface area contributed by atoms with Crippen molar-refractivity contribution in [3.05, 3.63) is 22.3 Å². The predicted octanol–water partition coefficient (Wildman–Crippen LogP) is 3.30. The van der Waals surface area contributed by atoms with Gasteiger partial charge in [-0.3, -0.25) is 0 Å². The SMILES string of the molecule is Cc1ccnc(NCCN2CCC(C)CC2)c1Br. The van der Waals surface area contributed by atoms with E-state index in [4.69, 9.17) is 0 Å². The van der Waals surface area contributed by atoms with Gasteiger partial charge in [-0.25, -0.2) is 4.98 Å². The summed E-state index contributed by atoms with van der Waals surface area (Å²) in [5.74, 6) is 1.86. The van der Waals surface area contributed by atoms with Gasteiger partial charge in [0.15, 0.2) is 0 Å². The largest absolute Gasteiger partial charge is 0.368 e. The minimum absolute atomic E-state index is 0.904. The molecule has 1 saturated heterocycles. The Hall–Kier alpha value is -0.610. The van der Waals surface area contributed by atoms with E-state index in [0.29, 0.717) is 0 Å². The fourth-order valence-electron chi connectivity index (χ4n) is 2.28. The van der Waals surface area contributed by atoms with Crippen LogP contribution in [0.15, 0.2) is 16.7 Å². The highest BCUT2D eigenvalue weighted by atomic mass is 79.9. The van der Waals surface area contributed by atoms with Gasteiger partial charge in [-0.05, 0) is 66.3 Å². The molecule has 4 heteroatoms. The van der Waals surface area contributed by atoms with E-state index in [2.05, 4.69) is 45.0 Å². The molecular weight excluding hydrogens is 290 g/mol. The maximum atomic E-state index is 4.36. The van der Waals surface area contributed by atoms with Crippen LogP contribution in [-0.4, -0.2) is 36.1 Å². The van der Waals surface area contributed by atoms with Crippen LogP contribution in [0, 0.1) is 12.8 Å². The average molecular weight is 312 g/mol. The van der Waals surface area contributed by atoms with Gasteiger partial charge in [-0.2, -0.15) is 0 Å². The van der Waals surface area contributed by atoms with Crippen molar-refractivity contribution in [3.63, 3.8) is 0 Å². The summed E-state index contributed by atoms with van der Waals surface area (Å²) in [5.41, 5.74) is 1.22. The molecule has 18 heavy (non-hydrogen) atoms. The Morgan fingerprint density at radius 3 is 2.89 bits per heavy atom. The van der Waals surface area contributed by atoms with Crippen molar-refractivity contribution in [1.82, 2.24) is 9.88 Å². The number of anilines is 1. The maximum absolute atomic E-state index is 4.36. The predicted molar refractivity (Wildman–Crippen MR) is 80.0 cm³/mol. The fourth-order valence-corrected chi connectivity index (χ4v) is 2.66. The second kappa shape index (κ2) is 6.53. The molecule has 0 unspecified atom stereocenters. The van der Waals surface area contributed by atoms with Crippen LogP contribution in [0.1, 0.15) is 25.3 Å². The molecule has 0 atom stereocenters. The van der Waals surface area contributed by atoms with E-state index in [1.165, 1.54) is 31.5 Å². The van der Waals surface area contributed by atoms with Gasteiger partial charge in [0.2, 0.25) is 0 Å². The molecule has 1 aromatic heterocycles. The first-order chi connectivity index (χ1) is 8.66. The standard InChI is InChI=1S/C14H22BrN3/c1-11-4-8-18(9-5-11)10-7-17-14-13(15)12(2)3-6-16-14/h3,6,11H,4-5,7-10H2,1-2H3,(H,16,17). The fraction of sp³-hybridized carbons (Fsp3) is 0.643. The average Bonchev–Trinajstić information content (AvgIpc) is 2.37. The van der Waals surface area contributed by atoms with Crippen molar-refractivity contribution < 1.29 is 0 Å². The zero-order valence-corrected chi connectivity index (χ0v) is 12.8. The Labute approximate surface area is 118 Å². The topological polar surface area (TPSA) is 28.2 Å². The number of pyridine rings is 1. The summed E-state index contributed by atoms with van der Waals surface area (Å²) >= 11 is 3.58. The van der Waals surface area contributed by atoms with Gasteiger partial charge in [-0.15, -0.1) is 0 Å². The summed E-state index contributed by atoms with van der Waals surface area (Å²) in [5, 5.41) is 3.41. The highest BCUT2D eigenvalue weighted by Crippen LogP contribution is 2.23. The number of piperidine rings is 1. The van der Waals surface area contributed by atoms with Crippen molar-refractivity contribution in [1.29, 1.82) is 0 Å². The highest BCUT2D eigenvalue weighted by Gasteiger charge is 2.15. The molecule has 1 aliphatic rings. The molecule has 2 rings (SSSR count). The van der Waals surface area contributed by atoms with Gasteiger partial charge in [0, 0.05) is 19.3 Å². The van der Waals surface area contributed by atoms with Crippen molar-refractivity contribution >= 4 is 21.7 Å². The van der Waals surface area contributed by atoms with Gasteiger partial charge in [0.25, 0.3) is 0 Å². The van der Waals surface area contributed by atoms with Crippen LogP contribution in [0.4, 0.5) is 5.82 Å². The van der Waals surface area contributed by atoms with Gasteiger partial charge in [-0.1, -0.05) is 6.92 Å². The Balaban J connectivity index is 1.77. The van der Waals surface area contributed by atoms with E-state index in [9.17, 15) is 0 Å². The van der Waals surface area contributed by atoms with Gasteiger partial charge >= 0.3 is 0 Å². The number of aryl methyl sites for hydroxylation is 1. The molecule has 0 radical (unpaired) electrons. The van der Waals surface area contributed by atoms with E-state index in [0.717, 1.165) is 29.3 Å². The third-order valence-corrected chi connectivity index (χ3v) is 4.68. The summed E-state index contributed by atoms with van der Waals surface area (Å²) in [6.45, 7) is 8.99. The number of hydrogen-bond acceptors (Lipinski definition) is 3. The van der Waals surface area contributed by atoms with Gasteiger partial charge in [0.1, 0.15) is 5.82 Å². The first-order valence-corrected chi connectivity index (χ1v) is 7.53. The lowest BCUT2D eigenvalue weighted by atomic mass is 9.99. The van der Waals surface area contributed by atoms with Crippen LogP contribution in [0.5, 0.6) is 0 Å². The lowest BCUT2D eigenvalue weighted by Crippen LogP contribution is -2.36. The summed E-state index contributed by atoms with van der Waals surface area (Å²) in [4.78, 5) is 6.90. The lowest BCUT2D eigenvalue weighted by molar-refractivity contribution is 0.199. The smallest absolute Gasteiger partial charge is 0.140 e. The second-order valence-corrected chi connectivity index (χ2v) is 6.03. The number of hydrogen-bond donors (Lipinski definition) is 1. The molecule has 0 aromatic carbocycles. The van der Waals surface area contributed by atoms with Gasteiger partial charge < -0.3 is 10.2 Å². The minimum Gasteiger partial charge on any atom is -0.368 e. The number of rotatable bonds is 4. The van der Waals surface area contributed by atoms with Crippen LogP contribution in [-0.2, 0) is 0 Å². The van der Waals surface area contributed by atoms with Crippen LogP contribution < -0.4 is 5.32 Å². The minimum atomic E-state index is 0.904. The number of likely N-dealkylation sites (tertiary alicyclic amines) is 1.